The standard InChI is InChI=1S/C14H7ClF3NO4S/c15-11-6-8(19(22)23)5-10(14(16,17)18)12(11)24-9-3-1-7(2-4-9)13(20)21/h1-6H,(H,20,21)/p-1. The molecule has 126 valence electrons. The van der Waals surface area contributed by atoms with Crippen LogP contribution in [0, 0.1) is 10.1 Å². The molecule has 0 spiro atoms. The zero-order valence-electron chi connectivity index (χ0n) is 11.5. The monoisotopic (exact) mass is 376 g/mol. The molecule has 0 radical (unpaired) electrons. The summed E-state index contributed by atoms with van der Waals surface area (Å²) in [5.41, 5.74) is -2.15. The lowest BCUT2D eigenvalue weighted by Crippen LogP contribution is -2.21. The van der Waals surface area contributed by atoms with Gasteiger partial charge in [-0.1, -0.05) is 35.5 Å². The number of aromatic carboxylic acids is 1. The zero-order valence-corrected chi connectivity index (χ0v) is 13.0. The number of carbonyl (C=O) groups is 1. The Kier molecular flexibility index (Phi) is 5.05. The molecule has 0 aliphatic carbocycles. The molecule has 0 saturated heterocycles. The minimum atomic E-state index is -4.84. The molecular weight excluding hydrogens is 371 g/mol. The highest BCUT2D eigenvalue weighted by molar-refractivity contribution is 7.99. The number of nitro groups is 1. The van der Waals surface area contributed by atoms with Crippen LogP contribution in [-0.2, 0) is 6.18 Å². The van der Waals surface area contributed by atoms with Gasteiger partial charge in [-0.05, 0) is 17.7 Å². The molecule has 0 aliphatic heterocycles. The first kappa shape index (κ1) is 18.1. The van der Waals surface area contributed by atoms with Crippen LogP contribution in [0.1, 0.15) is 15.9 Å². The fraction of sp³-hybridized carbons (Fsp3) is 0.0714. The third kappa shape index (κ3) is 3.98. The number of rotatable bonds is 4. The van der Waals surface area contributed by atoms with Crippen LogP contribution >= 0.6 is 23.4 Å². The molecule has 10 heteroatoms. The second-order valence-electron chi connectivity index (χ2n) is 4.47. The normalized spacial score (nSPS) is 11.3. The van der Waals surface area contributed by atoms with Crippen molar-refractivity contribution in [2.75, 3.05) is 0 Å². The highest BCUT2D eigenvalue weighted by Crippen LogP contribution is 2.45. The number of halogens is 4. The van der Waals surface area contributed by atoms with Gasteiger partial charge in [-0.3, -0.25) is 10.1 Å². The van der Waals surface area contributed by atoms with Crippen molar-refractivity contribution in [1.29, 1.82) is 0 Å². The zero-order chi connectivity index (χ0) is 18.1. The molecule has 0 N–H and O–H groups in total. The van der Waals surface area contributed by atoms with Crippen LogP contribution < -0.4 is 5.11 Å². The molecule has 0 bridgehead atoms. The van der Waals surface area contributed by atoms with Gasteiger partial charge in [0.2, 0.25) is 0 Å². The Bertz CT molecular complexity index is 809. The molecule has 0 amide bonds. The van der Waals surface area contributed by atoms with E-state index < -0.39 is 38.2 Å². The topological polar surface area (TPSA) is 83.3 Å². The van der Waals surface area contributed by atoms with Crippen molar-refractivity contribution in [2.24, 2.45) is 0 Å². The Balaban J connectivity index is 2.49. The largest absolute Gasteiger partial charge is 0.545 e. The molecule has 24 heavy (non-hydrogen) atoms. The first-order chi connectivity index (χ1) is 11.1. The minimum absolute atomic E-state index is 0.134. The first-order valence-corrected chi connectivity index (χ1v) is 7.33. The van der Waals surface area contributed by atoms with E-state index in [1.165, 1.54) is 24.3 Å². The van der Waals surface area contributed by atoms with E-state index in [0.717, 1.165) is 6.07 Å². The number of nitro benzene ring substituents is 1. The lowest BCUT2D eigenvalue weighted by Gasteiger charge is -2.14. The van der Waals surface area contributed by atoms with Gasteiger partial charge in [-0.25, -0.2) is 0 Å². The van der Waals surface area contributed by atoms with Crippen molar-refractivity contribution in [1.82, 2.24) is 0 Å². The van der Waals surface area contributed by atoms with Crippen LogP contribution in [0.25, 0.3) is 0 Å². The lowest BCUT2D eigenvalue weighted by molar-refractivity contribution is -0.385. The molecule has 2 aromatic carbocycles. The molecule has 0 aliphatic rings. The third-order valence-corrected chi connectivity index (χ3v) is 4.42. The van der Waals surface area contributed by atoms with E-state index in [9.17, 15) is 33.2 Å². The summed E-state index contributed by atoms with van der Waals surface area (Å²) in [7, 11) is 0. The van der Waals surface area contributed by atoms with Gasteiger partial charge in [0.25, 0.3) is 5.69 Å². The van der Waals surface area contributed by atoms with E-state index in [2.05, 4.69) is 0 Å². The van der Waals surface area contributed by atoms with Crippen molar-refractivity contribution < 1.29 is 28.0 Å². The predicted octanol–water partition coefficient (Wildman–Crippen LogP) is 3.78. The van der Waals surface area contributed by atoms with Gasteiger partial charge in [-0.2, -0.15) is 13.2 Å². The molecule has 0 atom stereocenters. The van der Waals surface area contributed by atoms with Gasteiger partial charge in [0.05, 0.1) is 21.5 Å². The van der Waals surface area contributed by atoms with Crippen molar-refractivity contribution in [3.63, 3.8) is 0 Å². The molecule has 0 unspecified atom stereocenters. The summed E-state index contributed by atoms with van der Waals surface area (Å²) < 4.78 is 39.5. The molecular formula is C14H6ClF3NO4S-. The van der Waals surface area contributed by atoms with Crippen LogP contribution in [0.5, 0.6) is 0 Å². The van der Waals surface area contributed by atoms with Gasteiger partial charge in [0, 0.05) is 21.9 Å². The van der Waals surface area contributed by atoms with Gasteiger partial charge in [-0.15, -0.1) is 0 Å². The Labute approximate surface area is 142 Å². The molecule has 5 nitrogen and oxygen atoms in total. The summed E-state index contributed by atoms with van der Waals surface area (Å²) in [5, 5.41) is 20.9. The van der Waals surface area contributed by atoms with Crippen molar-refractivity contribution >= 4 is 35.0 Å². The number of nitrogens with zero attached hydrogens (tertiary/aromatic N) is 1. The van der Waals surface area contributed by atoms with E-state index >= 15 is 0 Å². The SMILES string of the molecule is O=C([O-])c1ccc(Sc2c(Cl)cc([N+](=O)[O-])cc2C(F)(F)F)cc1. The Hall–Kier alpha value is -2.26. The number of carboxylic acids is 1. The maximum atomic E-state index is 13.2. The van der Waals surface area contributed by atoms with Gasteiger partial charge < -0.3 is 9.90 Å². The summed E-state index contributed by atoms with van der Waals surface area (Å²) >= 11 is 6.41. The highest BCUT2D eigenvalue weighted by Gasteiger charge is 2.36. The summed E-state index contributed by atoms with van der Waals surface area (Å²) in [5.74, 6) is -1.42. The number of carboxylic acid groups (broad SMARTS) is 1. The average Bonchev–Trinajstić information content (AvgIpc) is 2.48. The van der Waals surface area contributed by atoms with E-state index in [1.54, 1.807) is 0 Å². The van der Waals surface area contributed by atoms with E-state index in [4.69, 9.17) is 11.6 Å². The molecule has 0 fully saturated rings. The van der Waals surface area contributed by atoms with Crippen LogP contribution in [0.15, 0.2) is 46.2 Å². The lowest BCUT2D eigenvalue weighted by atomic mass is 10.2. The van der Waals surface area contributed by atoms with Crippen LogP contribution in [0.2, 0.25) is 5.02 Å². The summed E-state index contributed by atoms with van der Waals surface area (Å²) in [6, 6.07) is 6.15. The summed E-state index contributed by atoms with van der Waals surface area (Å²) in [4.78, 5) is 20.3. The predicted molar refractivity (Wildman–Crippen MR) is 78.0 cm³/mol. The van der Waals surface area contributed by atoms with Gasteiger partial charge in [0.1, 0.15) is 0 Å². The second-order valence-corrected chi connectivity index (χ2v) is 5.96. The van der Waals surface area contributed by atoms with E-state index in [1.807, 2.05) is 0 Å². The molecule has 0 saturated carbocycles. The van der Waals surface area contributed by atoms with Crippen LogP contribution in [-0.4, -0.2) is 10.9 Å². The average molecular weight is 377 g/mol. The Morgan fingerprint density at radius 3 is 2.21 bits per heavy atom. The number of non-ortho nitro benzene ring substituents is 1. The van der Waals surface area contributed by atoms with Crippen molar-refractivity contribution in [3.05, 3.63) is 62.7 Å². The van der Waals surface area contributed by atoms with E-state index in [0.29, 0.717) is 17.8 Å². The number of benzene rings is 2. The highest BCUT2D eigenvalue weighted by atomic mass is 35.5. The second kappa shape index (κ2) is 6.70. The Morgan fingerprint density at radius 1 is 1.17 bits per heavy atom. The number of carbonyl (C=O) groups excluding carboxylic acids is 1. The first-order valence-electron chi connectivity index (χ1n) is 6.14. The maximum absolute atomic E-state index is 13.2. The fourth-order valence-corrected chi connectivity index (χ4v) is 3.05. The smallest absolute Gasteiger partial charge is 0.417 e. The summed E-state index contributed by atoms with van der Waals surface area (Å²) in [6.45, 7) is 0. The minimum Gasteiger partial charge on any atom is -0.545 e. The van der Waals surface area contributed by atoms with Crippen molar-refractivity contribution in [3.8, 4) is 0 Å². The number of alkyl halides is 3. The number of hydrogen-bond donors (Lipinski definition) is 0. The molecule has 0 aromatic heterocycles. The quantitative estimate of drug-likeness (QED) is 0.599. The van der Waals surface area contributed by atoms with Gasteiger partial charge in [0.15, 0.2) is 0 Å². The fourth-order valence-electron chi connectivity index (χ4n) is 1.78. The maximum Gasteiger partial charge on any atom is 0.417 e. The summed E-state index contributed by atoms with van der Waals surface area (Å²) in [6.07, 6.45) is -4.84. The van der Waals surface area contributed by atoms with Crippen molar-refractivity contribution in [2.45, 2.75) is 16.0 Å². The number of hydrogen-bond acceptors (Lipinski definition) is 5. The van der Waals surface area contributed by atoms with Gasteiger partial charge >= 0.3 is 6.18 Å². The molecule has 2 aromatic rings. The molecule has 0 heterocycles. The molecule has 2 rings (SSSR count). The third-order valence-electron chi connectivity index (χ3n) is 2.85. The van der Waals surface area contributed by atoms with Crippen LogP contribution in [0.4, 0.5) is 18.9 Å². The Morgan fingerprint density at radius 2 is 1.75 bits per heavy atom. The van der Waals surface area contributed by atoms with E-state index in [-0.39, 0.29) is 10.5 Å². The van der Waals surface area contributed by atoms with Crippen LogP contribution in [0.3, 0.4) is 0 Å².